The van der Waals surface area contributed by atoms with Gasteiger partial charge in [0.25, 0.3) is 0 Å². The largest absolute Gasteiger partial charge is 0.371 e. The number of piperidine rings is 2. The third kappa shape index (κ3) is 4.62. The topological polar surface area (TPSA) is 30.3 Å². The standard InChI is InChI=1S/C24H29N3.ClH/c25-17-24(20-9-7-15-26(18-20)22-11-3-1-4-12-22)21-10-8-16-27(19-21)23-13-5-2-6-14-23;/h1-6,11-14,20-21,24H,7-10,15-16,18-19H2;1H. The van der Waals surface area contributed by atoms with Gasteiger partial charge in [0.1, 0.15) is 0 Å². The van der Waals surface area contributed by atoms with E-state index >= 15 is 0 Å². The molecule has 3 nitrogen and oxygen atoms in total. The molecule has 2 fully saturated rings. The summed E-state index contributed by atoms with van der Waals surface area (Å²) < 4.78 is 0. The number of hydrogen-bond acceptors (Lipinski definition) is 3. The van der Waals surface area contributed by atoms with Crippen molar-refractivity contribution in [2.75, 3.05) is 36.0 Å². The van der Waals surface area contributed by atoms with Crippen molar-refractivity contribution >= 4 is 23.8 Å². The Kier molecular flexibility index (Phi) is 7.23. The van der Waals surface area contributed by atoms with Crippen LogP contribution in [0.4, 0.5) is 11.4 Å². The molecule has 2 aromatic rings. The van der Waals surface area contributed by atoms with Gasteiger partial charge in [0.15, 0.2) is 0 Å². The maximum atomic E-state index is 10.1. The minimum Gasteiger partial charge on any atom is -0.371 e. The van der Waals surface area contributed by atoms with Crippen LogP contribution in [0.25, 0.3) is 0 Å². The number of hydrogen-bond donors (Lipinski definition) is 0. The number of nitrogens with zero attached hydrogens (tertiary/aromatic N) is 3. The Morgan fingerprint density at radius 2 is 1.18 bits per heavy atom. The van der Waals surface area contributed by atoms with Gasteiger partial charge >= 0.3 is 0 Å². The first-order valence-corrected chi connectivity index (χ1v) is 10.3. The zero-order valence-electron chi connectivity index (χ0n) is 16.4. The first-order chi connectivity index (χ1) is 13.3. The van der Waals surface area contributed by atoms with Gasteiger partial charge in [0.2, 0.25) is 0 Å². The van der Waals surface area contributed by atoms with E-state index in [1.54, 1.807) is 0 Å². The van der Waals surface area contributed by atoms with Crippen LogP contribution in [-0.2, 0) is 0 Å². The van der Waals surface area contributed by atoms with Crippen LogP contribution in [0.1, 0.15) is 25.7 Å². The van der Waals surface area contributed by atoms with Crippen molar-refractivity contribution in [3.63, 3.8) is 0 Å². The molecule has 148 valence electrons. The van der Waals surface area contributed by atoms with Crippen LogP contribution in [-0.4, -0.2) is 26.2 Å². The summed E-state index contributed by atoms with van der Waals surface area (Å²) in [5.74, 6) is 1.11. The van der Waals surface area contributed by atoms with Crippen molar-refractivity contribution in [3.8, 4) is 6.07 Å². The van der Waals surface area contributed by atoms with Crippen LogP contribution < -0.4 is 9.80 Å². The Balaban J connectivity index is 0.00000225. The third-order valence-corrected chi connectivity index (χ3v) is 6.32. The smallest absolute Gasteiger partial charge is 0.0663 e. The molecule has 0 bridgehead atoms. The number of nitriles is 1. The van der Waals surface area contributed by atoms with Gasteiger partial charge < -0.3 is 9.80 Å². The molecule has 2 aromatic carbocycles. The molecule has 2 atom stereocenters. The van der Waals surface area contributed by atoms with Crippen molar-refractivity contribution < 1.29 is 0 Å². The lowest BCUT2D eigenvalue weighted by molar-refractivity contribution is 0.229. The van der Waals surface area contributed by atoms with Crippen LogP contribution in [0, 0.1) is 29.1 Å². The van der Waals surface area contributed by atoms with Gasteiger partial charge in [0, 0.05) is 37.6 Å². The molecule has 2 saturated heterocycles. The monoisotopic (exact) mass is 395 g/mol. The highest BCUT2D eigenvalue weighted by Crippen LogP contribution is 2.36. The van der Waals surface area contributed by atoms with Crippen LogP contribution in [0.3, 0.4) is 0 Å². The molecule has 0 aromatic heterocycles. The number of halogens is 1. The second-order valence-electron chi connectivity index (χ2n) is 8.02. The summed E-state index contributed by atoms with van der Waals surface area (Å²) >= 11 is 0. The fraction of sp³-hybridized carbons (Fsp3) is 0.458. The highest BCUT2D eigenvalue weighted by atomic mass is 35.5. The van der Waals surface area contributed by atoms with Crippen LogP contribution in [0.2, 0.25) is 0 Å². The average molecular weight is 396 g/mol. The lowest BCUT2D eigenvalue weighted by Gasteiger charge is -2.42. The zero-order chi connectivity index (χ0) is 18.5. The molecule has 2 aliphatic heterocycles. The summed E-state index contributed by atoms with van der Waals surface area (Å²) in [5.41, 5.74) is 2.60. The normalized spacial score (nSPS) is 23.4. The van der Waals surface area contributed by atoms with Crippen molar-refractivity contribution in [2.45, 2.75) is 25.7 Å². The molecule has 0 amide bonds. The molecule has 2 heterocycles. The predicted molar refractivity (Wildman–Crippen MR) is 119 cm³/mol. The lowest BCUT2D eigenvalue weighted by atomic mass is 9.75. The molecule has 4 rings (SSSR count). The van der Waals surface area contributed by atoms with E-state index in [4.69, 9.17) is 0 Å². The predicted octanol–water partition coefficient (Wildman–Crippen LogP) is 5.38. The van der Waals surface area contributed by atoms with Gasteiger partial charge in [-0.3, -0.25) is 0 Å². The van der Waals surface area contributed by atoms with Gasteiger partial charge in [-0.05, 0) is 61.8 Å². The molecule has 2 aliphatic rings. The number of rotatable bonds is 4. The first kappa shape index (κ1) is 20.6. The highest BCUT2D eigenvalue weighted by Gasteiger charge is 2.35. The molecule has 0 aliphatic carbocycles. The summed E-state index contributed by atoms with van der Waals surface area (Å²) in [6, 6.07) is 24.1. The van der Waals surface area contributed by atoms with Gasteiger partial charge in [-0.1, -0.05) is 36.4 Å². The van der Waals surface area contributed by atoms with E-state index in [-0.39, 0.29) is 18.3 Å². The van der Waals surface area contributed by atoms with E-state index < -0.39 is 0 Å². The van der Waals surface area contributed by atoms with Crippen LogP contribution >= 0.6 is 12.4 Å². The maximum Gasteiger partial charge on any atom is 0.0663 e. The number of anilines is 2. The van der Waals surface area contributed by atoms with E-state index in [1.807, 2.05) is 0 Å². The van der Waals surface area contributed by atoms with Gasteiger partial charge in [-0.15, -0.1) is 12.4 Å². The van der Waals surface area contributed by atoms with Crippen molar-refractivity contribution in [1.29, 1.82) is 5.26 Å². The SMILES string of the molecule is Cl.N#CC(C1CCCN(c2ccccc2)C1)C1CCCN(c2ccccc2)C1. The van der Waals surface area contributed by atoms with Crippen molar-refractivity contribution in [1.82, 2.24) is 0 Å². The van der Waals surface area contributed by atoms with Crippen molar-refractivity contribution in [3.05, 3.63) is 60.7 Å². The summed E-state index contributed by atoms with van der Waals surface area (Å²) in [6.45, 7) is 4.26. The van der Waals surface area contributed by atoms with Gasteiger partial charge in [-0.25, -0.2) is 0 Å². The summed E-state index contributed by atoms with van der Waals surface area (Å²) in [6.07, 6.45) is 4.74. The minimum absolute atomic E-state index is 0. The molecule has 2 unspecified atom stereocenters. The second-order valence-corrected chi connectivity index (χ2v) is 8.02. The van der Waals surface area contributed by atoms with Gasteiger partial charge in [0.05, 0.1) is 12.0 Å². The van der Waals surface area contributed by atoms with Crippen LogP contribution in [0.5, 0.6) is 0 Å². The summed E-state index contributed by atoms with van der Waals surface area (Å²) in [7, 11) is 0. The summed E-state index contributed by atoms with van der Waals surface area (Å²) in [4.78, 5) is 4.96. The zero-order valence-corrected chi connectivity index (χ0v) is 17.2. The Morgan fingerprint density at radius 1 is 0.750 bits per heavy atom. The summed E-state index contributed by atoms with van der Waals surface area (Å²) in [5, 5.41) is 10.1. The fourth-order valence-corrected chi connectivity index (χ4v) is 4.95. The molecule has 0 spiro atoms. The van der Waals surface area contributed by atoms with E-state index in [0.717, 1.165) is 26.2 Å². The average Bonchev–Trinajstić information content (AvgIpc) is 2.76. The first-order valence-electron chi connectivity index (χ1n) is 10.3. The van der Waals surface area contributed by atoms with E-state index in [1.165, 1.54) is 37.1 Å². The molecule has 28 heavy (non-hydrogen) atoms. The molecular formula is C24H30ClN3. The molecule has 4 heteroatoms. The minimum atomic E-state index is 0. The van der Waals surface area contributed by atoms with E-state index in [0.29, 0.717) is 11.8 Å². The van der Waals surface area contributed by atoms with E-state index in [9.17, 15) is 5.26 Å². The van der Waals surface area contributed by atoms with Crippen LogP contribution in [0.15, 0.2) is 60.7 Å². The number of benzene rings is 2. The quantitative estimate of drug-likeness (QED) is 0.696. The van der Waals surface area contributed by atoms with E-state index in [2.05, 4.69) is 76.5 Å². The lowest BCUT2D eigenvalue weighted by Crippen LogP contribution is -2.44. The fourth-order valence-electron chi connectivity index (χ4n) is 4.95. The highest BCUT2D eigenvalue weighted by molar-refractivity contribution is 5.85. The maximum absolute atomic E-state index is 10.1. The molecule has 0 radical (unpaired) electrons. The van der Waals surface area contributed by atoms with Crippen molar-refractivity contribution in [2.24, 2.45) is 17.8 Å². The molecule has 0 saturated carbocycles. The molecule has 0 N–H and O–H groups in total. The van der Waals surface area contributed by atoms with Gasteiger partial charge in [-0.2, -0.15) is 5.26 Å². The second kappa shape index (κ2) is 9.85. The third-order valence-electron chi connectivity index (χ3n) is 6.32. The Bertz CT molecular complexity index is 699. The Labute approximate surface area is 175 Å². The Hall–Kier alpha value is -2.18. The molecular weight excluding hydrogens is 366 g/mol. The Morgan fingerprint density at radius 3 is 1.57 bits per heavy atom. The number of para-hydroxylation sites is 2.